The number of nitrogens with two attached hydrogens (primary N) is 1. The molecular formula is C22H33N4O17P. The number of carboxylic acid groups (broad SMARTS) is 1. The number of aliphatic carboxylic acids is 1. The summed E-state index contributed by atoms with van der Waals surface area (Å²) in [6, 6.07) is -0.403. The molecule has 3 rings (SSSR count). The standard InChI is InChI=1S/C22H33N4O17P/c1-8(27)24-14-10(29)5-22(20(34)35,42-18(14)15(31)11(30)6-39-9(2)28)43-44(37,38)40-7-12-16(32)17(33)19(41-12)26-4-3-13(23)25-21(26)36/h3-4,10-12,14-19,29-33H,5-7H2,1-2H3,(H,24,27)(H,34,35)(H,37,38)(H2,23,25,36)/t10-,11+,12+,14+,15+,16+,17+,18+,19+,22+/m0/s1. The molecule has 1 aromatic heterocycles. The number of aromatic nitrogens is 2. The molecule has 22 heteroatoms. The highest BCUT2D eigenvalue weighted by Gasteiger charge is 2.59. The number of anilines is 1. The summed E-state index contributed by atoms with van der Waals surface area (Å²) in [7, 11) is -5.55. The molecule has 10 N–H and O–H groups in total. The Morgan fingerprint density at radius 1 is 1.25 bits per heavy atom. The Labute approximate surface area is 247 Å². The average Bonchev–Trinajstić information content (AvgIpc) is 3.19. The molecule has 1 aromatic rings. The van der Waals surface area contributed by atoms with Gasteiger partial charge in [0.25, 0.3) is 5.79 Å². The molecule has 11 atom stereocenters. The quantitative estimate of drug-likeness (QED) is 0.0753. The van der Waals surface area contributed by atoms with E-state index >= 15 is 0 Å². The lowest BCUT2D eigenvalue weighted by atomic mass is 9.88. The van der Waals surface area contributed by atoms with Crippen molar-refractivity contribution in [3.8, 4) is 0 Å². The van der Waals surface area contributed by atoms with Crippen molar-refractivity contribution in [2.75, 3.05) is 18.9 Å². The smallest absolute Gasteiger partial charge is 0.475 e. The topological polar surface area (TPSA) is 329 Å². The number of nitrogen functional groups attached to an aromatic ring is 1. The molecule has 1 unspecified atom stereocenters. The van der Waals surface area contributed by atoms with Crippen LogP contribution >= 0.6 is 7.82 Å². The maximum Gasteiger partial charge on any atom is 0.475 e. The van der Waals surface area contributed by atoms with Gasteiger partial charge in [0.1, 0.15) is 49.0 Å². The number of hydrogen-bond acceptors (Lipinski definition) is 17. The van der Waals surface area contributed by atoms with E-state index in [0.29, 0.717) is 0 Å². The summed E-state index contributed by atoms with van der Waals surface area (Å²) < 4.78 is 38.6. The summed E-state index contributed by atoms with van der Waals surface area (Å²) in [5.41, 5.74) is 4.47. The van der Waals surface area contributed by atoms with E-state index in [1.807, 2.05) is 0 Å². The van der Waals surface area contributed by atoms with Crippen molar-refractivity contribution in [3.63, 3.8) is 0 Å². The predicted octanol–water partition coefficient (Wildman–Crippen LogP) is -4.70. The Morgan fingerprint density at radius 2 is 1.91 bits per heavy atom. The normalized spacial score (nSPS) is 33.1. The lowest BCUT2D eigenvalue weighted by Gasteiger charge is -2.46. The van der Waals surface area contributed by atoms with E-state index < -0.39 is 112 Å². The SMILES string of the molecule is CC(=O)N[C@H]1[C@H]([C@H](O)[C@H](O)COC(C)=O)O[C@](OP(=O)(O)OC[C@H]2O[C@@H](n3ccc(N)nc3=O)[C@H](O)[C@@H]2O)(C(=O)O)C[C@@H]1O. The summed E-state index contributed by atoms with van der Waals surface area (Å²) in [5.74, 6) is -7.13. The van der Waals surface area contributed by atoms with Crippen molar-refractivity contribution in [3.05, 3.63) is 22.7 Å². The van der Waals surface area contributed by atoms with Gasteiger partial charge < -0.3 is 60.8 Å². The van der Waals surface area contributed by atoms with Gasteiger partial charge in [0.05, 0.1) is 18.8 Å². The highest BCUT2D eigenvalue weighted by Crippen LogP contribution is 2.51. The van der Waals surface area contributed by atoms with Crippen LogP contribution in [0.25, 0.3) is 0 Å². The number of carboxylic acids is 1. The van der Waals surface area contributed by atoms with Crippen molar-refractivity contribution in [1.82, 2.24) is 14.9 Å². The maximum atomic E-state index is 12.9. The van der Waals surface area contributed by atoms with E-state index in [9.17, 15) is 59.3 Å². The molecule has 2 saturated heterocycles. The van der Waals surface area contributed by atoms with Crippen LogP contribution in [-0.4, -0.2) is 131 Å². The first-order valence-electron chi connectivity index (χ1n) is 12.8. The van der Waals surface area contributed by atoms with Gasteiger partial charge in [-0.05, 0) is 6.07 Å². The number of rotatable bonds is 12. The van der Waals surface area contributed by atoms with E-state index in [0.717, 1.165) is 24.6 Å². The van der Waals surface area contributed by atoms with Crippen LogP contribution < -0.4 is 16.7 Å². The number of ether oxygens (including phenoxy) is 3. The zero-order valence-electron chi connectivity index (χ0n) is 23.1. The summed E-state index contributed by atoms with van der Waals surface area (Å²) in [4.78, 5) is 61.1. The predicted molar refractivity (Wildman–Crippen MR) is 138 cm³/mol. The van der Waals surface area contributed by atoms with Crippen molar-refractivity contribution in [2.24, 2.45) is 0 Å². The first-order chi connectivity index (χ1) is 20.4. The fourth-order valence-electron chi connectivity index (χ4n) is 4.51. The molecule has 2 aliphatic heterocycles. The minimum atomic E-state index is -5.55. The number of carbonyl (C=O) groups excluding carboxylic acids is 2. The molecule has 1 amide bonds. The molecule has 21 nitrogen and oxygen atoms in total. The molecule has 44 heavy (non-hydrogen) atoms. The molecule has 2 fully saturated rings. The van der Waals surface area contributed by atoms with Crippen LogP contribution in [0, 0.1) is 0 Å². The Bertz CT molecular complexity index is 1330. The van der Waals surface area contributed by atoms with Gasteiger partial charge in [0, 0.05) is 26.5 Å². The number of carbonyl (C=O) groups is 3. The Balaban J connectivity index is 1.79. The lowest BCUT2D eigenvalue weighted by Crippen LogP contribution is -2.67. The largest absolute Gasteiger partial charge is 0.477 e. The summed E-state index contributed by atoms with van der Waals surface area (Å²) >= 11 is 0. The highest BCUT2D eigenvalue weighted by molar-refractivity contribution is 7.47. The number of nitrogens with one attached hydrogen (secondary N) is 1. The number of esters is 1. The van der Waals surface area contributed by atoms with Gasteiger partial charge in [-0.15, -0.1) is 0 Å². The summed E-state index contributed by atoms with van der Waals surface area (Å²) in [6.07, 6.45) is -14.8. The number of aliphatic hydroxyl groups excluding tert-OH is 5. The third-order valence-corrected chi connectivity index (χ3v) is 7.59. The molecule has 3 heterocycles. The fraction of sp³-hybridized carbons (Fsp3) is 0.682. The van der Waals surface area contributed by atoms with E-state index in [1.165, 1.54) is 6.07 Å². The lowest BCUT2D eigenvalue weighted by molar-refractivity contribution is -0.289. The van der Waals surface area contributed by atoms with Crippen LogP contribution in [0.1, 0.15) is 26.5 Å². The van der Waals surface area contributed by atoms with Crippen LogP contribution in [0.5, 0.6) is 0 Å². The Morgan fingerprint density at radius 3 is 2.48 bits per heavy atom. The van der Waals surface area contributed by atoms with Crippen molar-refractivity contribution < 1.29 is 77.7 Å². The number of nitrogens with zero attached hydrogens (tertiary/aromatic N) is 2. The zero-order valence-corrected chi connectivity index (χ0v) is 24.0. The molecule has 0 spiro atoms. The molecule has 0 aromatic carbocycles. The van der Waals surface area contributed by atoms with Gasteiger partial charge in [-0.1, -0.05) is 0 Å². The van der Waals surface area contributed by atoms with Gasteiger partial charge in [-0.3, -0.25) is 18.7 Å². The maximum absolute atomic E-state index is 12.9. The summed E-state index contributed by atoms with van der Waals surface area (Å²) in [5, 5.41) is 64.5. The highest BCUT2D eigenvalue weighted by atomic mass is 31.2. The van der Waals surface area contributed by atoms with Gasteiger partial charge in [-0.25, -0.2) is 18.7 Å². The van der Waals surface area contributed by atoms with Gasteiger partial charge in [-0.2, -0.15) is 4.98 Å². The Hall–Kier alpha value is -3.08. The number of aliphatic hydroxyl groups is 5. The van der Waals surface area contributed by atoms with Crippen LogP contribution in [0.15, 0.2) is 17.1 Å². The van der Waals surface area contributed by atoms with E-state index in [-0.39, 0.29) is 5.82 Å². The first-order valence-corrected chi connectivity index (χ1v) is 14.3. The second-order valence-corrected chi connectivity index (χ2v) is 11.3. The number of amides is 1. The molecule has 0 saturated carbocycles. The van der Waals surface area contributed by atoms with Crippen LogP contribution in [-0.2, 0) is 42.2 Å². The van der Waals surface area contributed by atoms with Crippen LogP contribution in [0.2, 0.25) is 0 Å². The monoisotopic (exact) mass is 656 g/mol. The summed E-state index contributed by atoms with van der Waals surface area (Å²) in [6.45, 7) is 0.155. The van der Waals surface area contributed by atoms with Crippen LogP contribution in [0.3, 0.4) is 0 Å². The molecule has 248 valence electrons. The number of phosphoric acid groups is 1. The van der Waals surface area contributed by atoms with E-state index in [4.69, 9.17) is 24.3 Å². The van der Waals surface area contributed by atoms with Crippen LogP contribution in [0.4, 0.5) is 5.82 Å². The zero-order chi connectivity index (χ0) is 33.1. The minimum Gasteiger partial charge on any atom is -0.477 e. The van der Waals surface area contributed by atoms with Gasteiger partial charge in [0.15, 0.2) is 6.23 Å². The van der Waals surface area contributed by atoms with E-state index in [2.05, 4.69) is 15.0 Å². The minimum absolute atomic E-state index is 0.142. The van der Waals surface area contributed by atoms with Gasteiger partial charge in [0.2, 0.25) is 5.91 Å². The van der Waals surface area contributed by atoms with Crippen molar-refractivity contribution >= 4 is 31.5 Å². The molecule has 0 bridgehead atoms. The number of hydrogen-bond donors (Lipinski definition) is 9. The van der Waals surface area contributed by atoms with Crippen molar-refractivity contribution in [2.45, 2.75) is 81.1 Å². The first kappa shape index (κ1) is 35.4. The Kier molecular flexibility index (Phi) is 11.2. The second-order valence-electron chi connectivity index (χ2n) is 9.94. The average molecular weight is 656 g/mol. The number of phosphoric ester groups is 1. The molecule has 0 aliphatic carbocycles. The van der Waals surface area contributed by atoms with Gasteiger partial charge >= 0.3 is 25.5 Å². The molecule has 2 aliphatic rings. The fourth-order valence-corrected chi connectivity index (χ4v) is 5.47. The third kappa shape index (κ3) is 8.14. The second kappa shape index (κ2) is 13.9. The van der Waals surface area contributed by atoms with E-state index in [1.54, 1.807) is 0 Å². The van der Waals surface area contributed by atoms with Crippen molar-refractivity contribution in [1.29, 1.82) is 0 Å². The third-order valence-electron chi connectivity index (χ3n) is 6.58. The molecule has 0 radical (unpaired) electrons. The molecular weight excluding hydrogens is 623 g/mol.